The Labute approximate surface area is 209 Å². The lowest BCUT2D eigenvalue weighted by molar-refractivity contribution is 0.457. The fourth-order valence-electron chi connectivity index (χ4n) is 4.09. The molecule has 35 heavy (non-hydrogen) atoms. The lowest BCUT2D eigenvalue weighted by Gasteiger charge is -2.25. The highest BCUT2D eigenvalue weighted by atomic mass is 32.2. The minimum absolute atomic E-state index is 0.106. The molecule has 0 aliphatic carbocycles. The van der Waals surface area contributed by atoms with Gasteiger partial charge in [-0.15, -0.1) is 0 Å². The van der Waals surface area contributed by atoms with Crippen molar-refractivity contribution < 1.29 is 13.5 Å². The molecule has 0 spiro atoms. The van der Waals surface area contributed by atoms with Gasteiger partial charge in [-0.05, 0) is 52.5 Å². The summed E-state index contributed by atoms with van der Waals surface area (Å²) in [6.07, 6.45) is 0. The fraction of sp³-hybridized carbons (Fsp3) is 0.172. The van der Waals surface area contributed by atoms with Gasteiger partial charge in [0.05, 0.1) is 4.90 Å². The molecule has 5 nitrogen and oxygen atoms in total. The van der Waals surface area contributed by atoms with E-state index >= 15 is 0 Å². The Morgan fingerprint density at radius 3 is 1.71 bits per heavy atom. The van der Waals surface area contributed by atoms with Gasteiger partial charge in [0.1, 0.15) is 11.5 Å². The van der Waals surface area contributed by atoms with Crippen LogP contribution in [0.5, 0.6) is 11.5 Å². The van der Waals surface area contributed by atoms with E-state index in [4.69, 9.17) is 4.74 Å². The topological polar surface area (TPSA) is 55.8 Å². The van der Waals surface area contributed by atoms with E-state index in [-0.39, 0.29) is 10.8 Å². The maximum Gasteiger partial charge on any atom is 0.144 e. The predicted octanol–water partition coefficient (Wildman–Crippen LogP) is 6.03. The van der Waals surface area contributed by atoms with Crippen molar-refractivity contribution in [1.29, 1.82) is 0 Å². The summed E-state index contributed by atoms with van der Waals surface area (Å²) in [4.78, 5) is 4.08. The maximum atomic E-state index is 12.0. The third-order valence-electron chi connectivity index (χ3n) is 5.93. The molecule has 4 rings (SSSR count). The second-order valence-corrected chi connectivity index (χ2v) is 9.64. The SMILES string of the molecule is CN(C)c1ccc(S(=O)[O-])c(Oc2ccc(N(C)C)cc2C(c2ccccc2)c2ccccc2)c1. The van der Waals surface area contributed by atoms with E-state index < -0.39 is 11.1 Å². The summed E-state index contributed by atoms with van der Waals surface area (Å²) in [5.41, 5.74) is 5.07. The molecule has 0 radical (unpaired) electrons. The van der Waals surface area contributed by atoms with Crippen LogP contribution in [0.2, 0.25) is 0 Å². The van der Waals surface area contributed by atoms with Crippen molar-refractivity contribution in [2.75, 3.05) is 38.0 Å². The average molecular weight is 486 g/mol. The molecule has 0 saturated carbocycles. The Bertz CT molecular complexity index is 1270. The minimum Gasteiger partial charge on any atom is -0.768 e. The molecule has 0 amide bonds. The number of ether oxygens (including phenoxy) is 1. The zero-order valence-corrected chi connectivity index (χ0v) is 21.2. The van der Waals surface area contributed by atoms with Crippen molar-refractivity contribution in [3.63, 3.8) is 0 Å². The third kappa shape index (κ3) is 5.56. The van der Waals surface area contributed by atoms with E-state index in [2.05, 4.69) is 30.3 Å². The van der Waals surface area contributed by atoms with Crippen molar-refractivity contribution in [3.8, 4) is 11.5 Å². The normalized spacial score (nSPS) is 11.8. The number of hydrogen-bond donors (Lipinski definition) is 0. The first-order chi connectivity index (χ1) is 16.8. The molecule has 1 atom stereocenters. The van der Waals surface area contributed by atoms with Gasteiger partial charge in [0.15, 0.2) is 0 Å². The Morgan fingerprint density at radius 1 is 0.686 bits per heavy atom. The summed E-state index contributed by atoms with van der Waals surface area (Å²) in [5.74, 6) is 0.796. The van der Waals surface area contributed by atoms with Crippen LogP contribution in [0.15, 0.2) is 102 Å². The second-order valence-electron chi connectivity index (χ2n) is 8.73. The zero-order chi connectivity index (χ0) is 24.9. The Kier molecular flexibility index (Phi) is 7.54. The van der Waals surface area contributed by atoms with Gasteiger partial charge < -0.3 is 19.1 Å². The van der Waals surface area contributed by atoms with Crippen LogP contribution >= 0.6 is 0 Å². The maximum absolute atomic E-state index is 12.0. The molecule has 4 aromatic carbocycles. The highest BCUT2D eigenvalue weighted by molar-refractivity contribution is 7.79. The molecular weight excluding hydrogens is 456 g/mol. The summed E-state index contributed by atoms with van der Waals surface area (Å²) >= 11 is -2.44. The first kappa shape index (κ1) is 24.5. The highest BCUT2D eigenvalue weighted by Crippen LogP contribution is 2.42. The Morgan fingerprint density at radius 2 is 1.20 bits per heavy atom. The molecule has 0 aliphatic heterocycles. The van der Waals surface area contributed by atoms with E-state index in [9.17, 15) is 8.76 Å². The van der Waals surface area contributed by atoms with Crippen molar-refractivity contribution >= 4 is 22.5 Å². The largest absolute Gasteiger partial charge is 0.768 e. The molecule has 0 heterocycles. The molecule has 0 aromatic heterocycles. The summed E-state index contributed by atoms with van der Waals surface area (Å²) < 4.78 is 30.4. The minimum atomic E-state index is -2.44. The van der Waals surface area contributed by atoms with Gasteiger partial charge in [-0.25, -0.2) is 0 Å². The number of anilines is 2. The molecule has 0 N–H and O–H groups in total. The number of hydrogen-bond acceptors (Lipinski definition) is 5. The van der Waals surface area contributed by atoms with Crippen molar-refractivity contribution in [2.45, 2.75) is 10.8 Å². The van der Waals surface area contributed by atoms with Crippen LogP contribution in [-0.2, 0) is 11.1 Å². The monoisotopic (exact) mass is 485 g/mol. The predicted molar refractivity (Wildman–Crippen MR) is 143 cm³/mol. The van der Waals surface area contributed by atoms with Crippen LogP contribution in [0.3, 0.4) is 0 Å². The molecule has 0 bridgehead atoms. The second kappa shape index (κ2) is 10.8. The van der Waals surface area contributed by atoms with E-state index in [0.717, 1.165) is 28.1 Å². The molecule has 0 aliphatic rings. The van der Waals surface area contributed by atoms with E-state index in [1.807, 2.05) is 86.5 Å². The standard InChI is InChI=1S/C29H30N2O3S/c1-30(2)23-15-17-26(34-27-20-24(31(3)4)16-18-28(27)35(32)33)25(19-23)29(21-11-7-5-8-12-21)22-13-9-6-10-14-22/h5-20,29H,1-4H3,(H,32,33)/p-1. The smallest absolute Gasteiger partial charge is 0.144 e. The van der Waals surface area contributed by atoms with Crippen LogP contribution in [0.25, 0.3) is 0 Å². The first-order valence-electron chi connectivity index (χ1n) is 11.3. The summed E-state index contributed by atoms with van der Waals surface area (Å²) in [6.45, 7) is 0. The first-order valence-corrected chi connectivity index (χ1v) is 12.4. The lowest BCUT2D eigenvalue weighted by atomic mass is 9.84. The van der Waals surface area contributed by atoms with Gasteiger partial charge in [0, 0.05) is 57.1 Å². The zero-order valence-electron chi connectivity index (χ0n) is 20.3. The quantitative estimate of drug-likeness (QED) is 0.225. The van der Waals surface area contributed by atoms with Crippen LogP contribution in [0, 0.1) is 0 Å². The van der Waals surface area contributed by atoms with Crippen LogP contribution in [0.1, 0.15) is 22.6 Å². The molecule has 1 unspecified atom stereocenters. The Hall–Kier alpha value is -3.61. The van der Waals surface area contributed by atoms with E-state index in [1.165, 1.54) is 0 Å². The van der Waals surface area contributed by atoms with Crippen LogP contribution in [0.4, 0.5) is 11.4 Å². The summed E-state index contributed by atoms with van der Waals surface area (Å²) in [6, 6.07) is 31.7. The third-order valence-corrected chi connectivity index (χ3v) is 6.63. The number of nitrogens with zero attached hydrogens (tertiary/aromatic N) is 2. The van der Waals surface area contributed by atoms with Gasteiger partial charge in [0.25, 0.3) is 0 Å². The van der Waals surface area contributed by atoms with Crippen molar-refractivity contribution in [3.05, 3.63) is 114 Å². The van der Waals surface area contributed by atoms with Gasteiger partial charge >= 0.3 is 0 Å². The van der Waals surface area contributed by atoms with Gasteiger partial charge in [-0.2, -0.15) is 0 Å². The summed E-state index contributed by atoms with van der Waals surface area (Å²) in [7, 11) is 7.81. The number of rotatable bonds is 8. The van der Waals surface area contributed by atoms with E-state index in [0.29, 0.717) is 11.5 Å². The van der Waals surface area contributed by atoms with Gasteiger partial charge in [-0.3, -0.25) is 4.21 Å². The van der Waals surface area contributed by atoms with Gasteiger partial charge in [-0.1, -0.05) is 60.7 Å². The van der Waals surface area contributed by atoms with Crippen LogP contribution < -0.4 is 14.5 Å². The van der Waals surface area contributed by atoms with Gasteiger partial charge in [0.2, 0.25) is 0 Å². The van der Waals surface area contributed by atoms with E-state index in [1.54, 1.807) is 18.2 Å². The Balaban J connectivity index is 1.92. The molecule has 0 fully saturated rings. The lowest BCUT2D eigenvalue weighted by Crippen LogP contribution is -2.12. The molecular formula is C29H29N2O3S-. The molecule has 6 heteroatoms. The molecule has 180 valence electrons. The van der Waals surface area contributed by atoms with Crippen molar-refractivity contribution in [2.24, 2.45) is 0 Å². The average Bonchev–Trinajstić information content (AvgIpc) is 2.86. The summed E-state index contributed by atoms with van der Waals surface area (Å²) in [5, 5.41) is 0. The van der Waals surface area contributed by atoms with Crippen LogP contribution in [-0.4, -0.2) is 37.0 Å². The fourth-order valence-corrected chi connectivity index (χ4v) is 4.53. The molecule has 4 aromatic rings. The van der Waals surface area contributed by atoms with Crippen molar-refractivity contribution in [1.82, 2.24) is 0 Å². The number of benzene rings is 4. The molecule has 0 saturated heterocycles. The highest BCUT2D eigenvalue weighted by Gasteiger charge is 2.23.